The maximum atomic E-state index is 13.0. The summed E-state index contributed by atoms with van der Waals surface area (Å²) in [6.45, 7) is 1.72. The lowest BCUT2D eigenvalue weighted by Crippen LogP contribution is -2.23. The molecule has 0 heterocycles. The molecule has 1 aromatic carbocycles. The van der Waals surface area contributed by atoms with Crippen LogP contribution in [0.4, 0.5) is 4.39 Å². The molecular formula is C14H20FNOS. The Bertz CT molecular complexity index is 384. The van der Waals surface area contributed by atoms with Gasteiger partial charge >= 0.3 is 0 Å². The molecule has 0 amide bonds. The van der Waals surface area contributed by atoms with Gasteiger partial charge in [0.1, 0.15) is 5.82 Å². The molecule has 0 aliphatic carbocycles. The fourth-order valence-electron chi connectivity index (χ4n) is 1.69. The summed E-state index contributed by atoms with van der Waals surface area (Å²) in [6.07, 6.45) is 3.67. The fourth-order valence-corrected chi connectivity index (χ4v) is 2.11. The third kappa shape index (κ3) is 5.65. The highest BCUT2D eigenvalue weighted by Crippen LogP contribution is 2.07. The maximum absolute atomic E-state index is 13.0. The molecule has 18 heavy (non-hydrogen) atoms. The molecular weight excluding hydrogens is 249 g/mol. The monoisotopic (exact) mass is 269 g/mol. The highest BCUT2D eigenvalue weighted by molar-refractivity contribution is 7.98. The molecule has 0 atom stereocenters. The first-order chi connectivity index (χ1) is 8.63. The van der Waals surface area contributed by atoms with Gasteiger partial charge in [0.05, 0.1) is 0 Å². The SMILES string of the molecule is CSCCCN(C)CCC(=O)c1cccc(F)c1. The third-order valence-corrected chi connectivity index (χ3v) is 3.45. The zero-order valence-corrected chi connectivity index (χ0v) is 11.8. The van der Waals surface area contributed by atoms with Crippen LogP contribution in [0, 0.1) is 5.82 Å². The van der Waals surface area contributed by atoms with Crippen molar-refractivity contribution in [2.75, 3.05) is 32.1 Å². The standard InChI is InChI=1S/C14H20FNOS/c1-16(8-4-10-18-2)9-7-14(17)12-5-3-6-13(15)11-12/h3,5-6,11H,4,7-10H2,1-2H3. The Hall–Kier alpha value is -0.870. The number of carbonyl (C=O) groups excluding carboxylic acids is 1. The van der Waals surface area contributed by atoms with Gasteiger partial charge in [-0.05, 0) is 44.2 Å². The molecule has 0 spiro atoms. The van der Waals surface area contributed by atoms with Gasteiger partial charge in [-0.3, -0.25) is 4.79 Å². The maximum Gasteiger partial charge on any atom is 0.164 e. The highest BCUT2D eigenvalue weighted by atomic mass is 32.2. The predicted molar refractivity (Wildman–Crippen MR) is 75.8 cm³/mol. The molecule has 0 fully saturated rings. The number of carbonyl (C=O) groups is 1. The Morgan fingerprint density at radius 1 is 1.39 bits per heavy atom. The summed E-state index contributed by atoms with van der Waals surface area (Å²) in [5, 5.41) is 0. The number of hydrogen-bond acceptors (Lipinski definition) is 3. The van der Waals surface area contributed by atoms with Crippen LogP contribution in [0.2, 0.25) is 0 Å². The van der Waals surface area contributed by atoms with Crippen LogP contribution in [-0.4, -0.2) is 42.8 Å². The second kappa shape index (κ2) is 8.27. The quantitative estimate of drug-likeness (QED) is 0.534. The summed E-state index contributed by atoms with van der Waals surface area (Å²) in [5.74, 6) is 0.794. The van der Waals surface area contributed by atoms with Crippen LogP contribution in [0.1, 0.15) is 23.2 Å². The number of ketones is 1. The van der Waals surface area contributed by atoms with Crippen molar-refractivity contribution in [3.05, 3.63) is 35.6 Å². The Labute approximate surface area is 113 Å². The van der Waals surface area contributed by atoms with E-state index in [-0.39, 0.29) is 11.6 Å². The van der Waals surface area contributed by atoms with Crippen LogP contribution < -0.4 is 0 Å². The molecule has 1 rings (SSSR count). The van der Waals surface area contributed by atoms with E-state index in [1.54, 1.807) is 12.1 Å². The largest absolute Gasteiger partial charge is 0.306 e. The number of nitrogens with zero attached hydrogens (tertiary/aromatic N) is 1. The van der Waals surface area contributed by atoms with E-state index in [1.165, 1.54) is 12.1 Å². The summed E-state index contributed by atoms with van der Waals surface area (Å²) < 4.78 is 13.0. The number of thioether (sulfide) groups is 1. The molecule has 0 unspecified atom stereocenters. The van der Waals surface area contributed by atoms with E-state index in [4.69, 9.17) is 0 Å². The van der Waals surface area contributed by atoms with Gasteiger partial charge in [-0.25, -0.2) is 4.39 Å². The normalized spacial score (nSPS) is 10.9. The number of rotatable bonds is 8. The molecule has 0 aromatic heterocycles. The van der Waals surface area contributed by atoms with Gasteiger partial charge in [0, 0.05) is 18.5 Å². The molecule has 4 heteroatoms. The van der Waals surface area contributed by atoms with Gasteiger partial charge in [0.15, 0.2) is 5.78 Å². The first-order valence-electron chi connectivity index (χ1n) is 6.09. The molecule has 2 nitrogen and oxygen atoms in total. The first-order valence-corrected chi connectivity index (χ1v) is 7.49. The minimum Gasteiger partial charge on any atom is -0.306 e. The second-order valence-electron chi connectivity index (χ2n) is 4.33. The summed E-state index contributed by atoms with van der Waals surface area (Å²) in [7, 11) is 2.01. The number of Topliss-reactive ketones (excluding diaryl/α,β-unsaturated/α-hetero) is 1. The van der Waals surface area contributed by atoms with E-state index in [2.05, 4.69) is 11.2 Å². The number of benzene rings is 1. The number of halogens is 1. The second-order valence-corrected chi connectivity index (χ2v) is 5.32. The smallest absolute Gasteiger partial charge is 0.164 e. The van der Waals surface area contributed by atoms with Crippen LogP contribution in [0.25, 0.3) is 0 Å². The molecule has 0 saturated carbocycles. The van der Waals surface area contributed by atoms with Crippen molar-refractivity contribution in [3.63, 3.8) is 0 Å². The Morgan fingerprint density at radius 3 is 2.83 bits per heavy atom. The zero-order valence-electron chi connectivity index (χ0n) is 11.0. The third-order valence-electron chi connectivity index (χ3n) is 2.76. The van der Waals surface area contributed by atoms with Crippen molar-refractivity contribution in [1.82, 2.24) is 4.90 Å². The summed E-state index contributed by atoms with van der Waals surface area (Å²) in [5.41, 5.74) is 0.465. The van der Waals surface area contributed by atoms with Crippen LogP contribution in [-0.2, 0) is 0 Å². The van der Waals surface area contributed by atoms with Crippen LogP contribution in [0.15, 0.2) is 24.3 Å². The van der Waals surface area contributed by atoms with Gasteiger partial charge < -0.3 is 4.90 Å². The molecule has 0 bridgehead atoms. The minimum atomic E-state index is -0.353. The highest BCUT2D eigenvalue weighted by Gasteiger charge is 2.08. The van der Waals surface area contributed by atoms with Crippen LogP contribution in [0.5, 0.6) is 0 Å². The molecule has 0 radical (unpaired) electrons. The van der Waals surface area contributed by atoms with E-state index in [0.29, 0.717) is 12.0 Å². The van der Waals surface area contributed by atoms with Gasteiger partial charge in [-0.15, -0.1) is 0 Å². The van der Waals surface area contributed by atoms with Crippen molar-refractivity contribution in [3.8, 4) is 0 Å². The van der Waals surface area contributed by atoms with Gasteiger partial charge in [-0.1, -0.05) is 12.1 Å². The first kappa shape index (κ1) is 15.2. The van der Waals surface area contributed by atoms with E-state index in [0.717, 1.165) is 25.3 Å². The minimum absolute atomic E-state index is 0.00576. The fraction of sp³-hybridized carbons (Fsp3) is 0.500. The van der Waals surface area contributed by atoms with E-state index in [1.807, 2.05) is 18.8 Å². The lowest BCUT2D eigenvalue weighted by Gasteiger charge is -2.15. The predicted octanol–water partition coefficient (Wildman–Crippen LogP) is 3.08. The van der Waals surface area contributed by atoms with Crippen molar-refractivity contribution >= 4 is 17.5 Å². The molecule has 0 saturated heterocycles. The molecule has 0 aliphatic rings. The van der Waals surface area contributed by atoms with Gasteiger partial charge in [0.25, 0.3) is 0 Å². The molecule has 0 N–H and O–H groups in total. The summed E-state index contributed by atoms with van der Waals surface area (Å²) in [6, 6.07) is 5.89. The van der Waals surface area contributed by atoms with E-state index >= 15 is 0 Å². The Morgan fingerprint density at radius 2 is 2.17 bits per heavy atom. The molecule has 100 valence electrons. The lowest BCUT2D eigenvalue weighted by molar-refractivity contribution is 0.0968. The topological polar surface area (TPSA) is 20.3 Å². The lowest BCUT2D eigenvalue weighted by atomic mass is 10.1. The van der Waals surface area contributed by atoms with Crippen LogP contribution in [0.3, 0.4) is 0 Å². The van der Waals surface area contributed by atoms with Crippen LogP contribution >= 0.6 is 11.8 Å². The summed E-state index contributed by atoms with van der Waals surface area (Å²) in [4.78, 5) is 14.0. The Kier molecular flexibility index (Phi) is 6.98. The average molecular weight is 269 g/mol. The number of hydrogen-bond donors (Lipinski definition) is 0. The van der Waals surface area contributed by atoms with Crippen molar-refractivity contribution in [2.45, 2.75) is 12.8 Å². The summed E-state index contributed by atoms with van der Waals surface area (Å²) >= 11 is 1.83. The average Bonchev–Trinajstić information content (AvgIpc) is 2.36. The van der Waals surface area contributed by atoms with Crippen molar-refractivity contribution in [1.29, 1.82) is 0 Å². The van der Waals surface area contributed by atoms with Gasteiger partial charge in [0.2, 0.25) is 0 Å². The van der Waals surface area contributed by atoms with Crippen molar-refractivity contribution in [2.24, 2.45) is 0 Å². The van der Waals surface area contributed by atoms with Crippen molar-refractivity contribution < 1.29 is 9.18 Å². The van der Waals surface area contributed by atoms with Gasteiger partial charge in [-0.2, -0.15) is 11.8 Å². The molecule has 0 aliphatic heterocycles. The zero-order chi connectivity index (χ0) is 13.4. The Balaban J connectivity index is 2.32. The molecule has 1 aromatic rings. The van der Waals surface area contributed by atoms with E-state index < -0.39 is 0 Å². The van der Waals surface area contributed by atoms with E-state index in [9.17, 15) is 9.18 Å².